The van der Waals surface area contributed by atoms with Crippen LogP contribution in [-0.4, -0.2) is 24.2 Å². The van der Waals surface area contributed by atoms with E-state index in [-0.39, 0.29) is 18.3 Å². The Balaban J connectivity index is 2.42. The van der Waals surface area contributed by atoms with Gasteiger partial charge in [-0.15, -0.1) is 0 Å². The number of benzene rings is 1. The molecule has 0 aromatic heterocycles. The molecule has 0 atom stereocenters. The first-order chi connectivity index (χ1) is 7.63. The molecule has 1 rings (SSSR count). The van der Waals surface area contributed by atoms with Gasteiger partial charge in [-0.2, -0.15) is 0 Å². The third-order valence-corrected chi connectivity index (χ3v) is 2.17. The minimum Gasteiger partial charge on any atom is -0.508 e. The fourth-order valence-electron chi connectivity index (χ4n) is 1.21. The van der Waals surface area contributed by atoms with E-state index in [2.05, 4.69) is 5.32 Å². The first-order valence-electron chi connectivity index (χ1n) is 4.97. The van der Waals surface area contributed by atoms with Crippen molar-refractivity contribution in [3.63, 3.8) is 0 Å². The Morgan fingerprint density at radius 2 is 2.31 bits per heavy atom. The van der Waals surface area contributed by atoms with Crippen LogP contribution < -0.4 is 5.32 Å². The van der Waals surface area contributed by atoms with Gasteiger partial charge in [-0.1, -0.05) is 11.6 Å². The van der Waals surface area contributed by atoms with Gasteiger partial charge in [0.25, 0.3) is 0 Å². The van der Waals surface area contributed by atoms with E-state index in [1.165, 1.54) is 6.07 Å². The van der Waals surface area contributed by atoms with Gasteiger partial charge >= 0.3 is 5.97 Å². The Labute approximate surface area is 99.2 Å². The molecule has 0 fully saturated rings. The third kappa shape index (κ3) is 4.08. The van der Waals surface area contributed by atoms with Gasteiger partial charge in [0.2, 0.25) is 0 Å². The number of phenolic OH excluding ortho intramolecular Hbond substituents is 1. The van der Waals surface area contributed by atoms with Gasteiger partial charge in [0, 0.05) is 17.1 Å². The maximum Gasteiger partial charge on any atom is 0.319 e. The molecule has 88 valence electrons. The highest BCUT2D eigenvalue weighted by molar-refractivity contribution is 6.30. The van der Waals surface area contributed by atoms with Gasteiger partial charge in [0.15, 0.2) is 0 Å². The van der Waals surface area contributed by atoms with E-state index < -0.39 is 0 Å². The number of halogens is 1. The van der Waals surface area contributed by atoms with Crippen LogP contribution >= 0.6 is 11.6 Å². The fourth-order valence-corrected chi connectivity index (χ4v) is 1.40. The number of hydrogen-bond donors (Lipinski definition) is 2. The molecule has 16 heavy (non-hydrogen) atoms. The van der Waals surface area contributed by atoms with Crippen LogP contribution in [0, 0.1) is 0 Å². The summed E-state index contributed by atoms with van der Waals surface area (Å²) in [4.78, 5) is 11.0. The second kappa shape index (κ2) is 6.35. The average Bonchev–Trinajstić information content (AvgIpc) is 2.23. The molecule has 0 bridgehead atoms. The Bertz CT molecular complexity index is 368. The Kier molecular flexibility index (Phi) is 5.08. The van der Waals surface area contributed by atoms with E-state index in [4.69, 9.17) is 16.3 Å². The quantitative estimate of drug-likeness (QED) is 0.773. The van der Waals surface area contributed by atoms with E-state index in [9.17, 15) is 9.90 Å². The van der Waals surface area contributed by atoms with Crippen molar-refractivity contribution in [1.82, 2.24) is 5.32 Å². The van der Waals surface area contributed by atoms with E-state index in [0.717, 1.165) is 0 Å². The standard InChI is InChI=1S/C11H14ClNO3/c1-2-16-11(15)7-13-6-8-5-9(12)3-4-10(8)14/h3-5,13-14H,2,6-7H2,1H3. The zero-order chi connectivity index (χ0) is 12.0. The second-order valence-corrected chi connectivity index (χ2v) is 3.62. The molecular weight excluding hydrogens is 230 g/mol. The van der Waals surface area contributed by atoms with Gasteiger partial charge in [0.05, 0.1) is 13.2 Å². The zero-order valence-corrected chi connectivity index (χ0v) is 9.75. The topological polar surface area (TPSA) is 58.6 Å². The van der Waals surface area contributed by atoms with Gasteiger partial charge in [-0.25, -0.2) is 0 Å². The van der Waals surface area contributed by atoms with Crippen molar-refractivity contribution in [2.45, 2.75) is 13.5 Å². The van der Waals surface area contributed by atoms with Crippen molar-refractivity contribution >= 4 is 17.6 Å². The van der Waals surface area contributed by atoms with Crippen molar-refractivity contribution in [3.8, 4) is 5.75 Å². The molecule has 2 N–H and O–H groups in total. The summed E-state index contributed by atoms with van der Waals surface area (Å²) in [6.45, 7) is 2.59. The molecule has 0 radical (unpaired) electrons. The van der Waals surface area contributed by atoms with Crippen LogP contribution in [0.25, 0.3) is 0 Å². The smallest absolute Gasteiger partial charge is 0.319 e. The molecular formula is C11H14ClNO3. The fraction of sp³-hybridized carbons (Fsp3) is 0.364. The second-order valence-electron chi connectivity index (χ2n) is 3.18. The van der Waals surface area contributed by atoms with Crippen molar-refractivity contribution < 1.29 is 14.6 Å². The number of phenols is 1. The predicted molar refractivity (Wildman–Crippen MR) is 61.5 cm³/mol. The highest BCUT2D eigenvalue weighted by Gasteiger charge is 2.04. The van der Waals surface area contributed by atoms with Crippen LogP contribution in [0.3, 0.4) is 0 Å². The Hall–Kier alpha value is -1.26. The van der Waals surface area contributed by atoms with Gasteiger partial charge in [-0.05, 0) is 25.1 Å². The molecule has 0 aliphatic carbocycles. The van der Waals surface area contributed by atoms with Crippen molar-refractivity contribution in [2.24, 2.45) is 0 Å². The monoisotopic (exact) mass is 243 g/mol. The van der Waals surface area contributed by atoms with Crippen molar-refractivity contribution in [3.05, 3.63) is 28.8 Å². The molecule has 1 aromatic carbocycles. The van der Waals surface area contributed by atoms with Crippen molar-refractivity contribution in [1.29, 1.82) is 0 Å². The highest BCUT2D eigenvalue weighted by Crippen LogP contribution is 2.20. The predicted octanol–water partition coefficient (Wildman–Crippen LogP) is 1.70. The number of esters is 1. The minimum absolute atomic E-state index is 0.111. The Morgan fingerprint density at radius 3 is 3.00 bits per heavy atom. The summed E-state index contributed by atoms with van der Waals surface area (Å²) in [7, 11) is 0. The first kappa shape index (κ1) is 12.8. The number of carbonyl (C=O) groups excluding carboxylic acids is 1. The van der Waals surface area contributed by atoms with Crippen LogP contribution in [0.15, 0.2) is 18.2 Å². The summed E-state index contributed by atoms with van der Waals surface area (Å²) < 4.78 is 4.74. The number of ether oxygens (including phenoxy) is 1. The largest absolute Gasteiger partial charge is 0.508 e. The lowest BCUT2D eigenvalue weighted by Crippen LogP contribution is -2.24. The lowest BCUT2D eigenvalue weighted by atomic mass is 10.2. The molecule has 0 spiro atoms. The number of carbonyl (C=O) groups is 1. The van der Waals surface area contributed by atoms with E-state index in [1.807, 2.05) is 0 Å². The van der Waals surface area contributed by atoms with Gasteiger partial charge in [-0.3, -0.25) is 4.79 Å². The Morgan fingerprint density at radius 1 is 1.56 bits per heavy atom. The molecule has 0 saturated heterocycles. The van der Waals surface area contributed by atoms with Gasteiger partial charge < -0.3 is 15.2 Å². The highest BCUT2D eigenvalue weighted by atomic mass is 35.5. The maximum atomic E-state index is 11.0. The number of nitrogens with one attached hydrogen (secondary N) is 1. The summed E-state index contributed by atoms with van der Waals surface area (Å²) in [6, 6.07) is 4.77. The average molecular weight is 244 g/mol. The minimum atomic E-state index is -0.316. The molecule has 0 unspecified atom stereocenters. The van der Waals surface area contributed by atoms with Crippen LogP contribution in [0.5, 0.6) is 5.75 Å². The number of aromatic hydroxyl groups is 1. The molecule has 0 heterocycles. The van der Waals surface area contributed by atoms with Crippen LogP contribution in [-0.2, 0) is 16.1 Å². The third-order valence-electron chi connectivity index (χ3n) is 1.93. The molecule has 4 nitrogen and oxygen atoms in total. The summed E-state index contributed by atoms with van der Waals surface area (Å²) in [5.74, 6) is -0.162. The molecule has 0 amide bonds. The van der Waals surface area contributed by atoms with Gasteiger partial charge in [0.1, 0.15) is 5.75 Å². The molecule has 5 heteroatoms. The van der Waals surface area contributed by atoms with E-state index in [1.54, 1.807) is 19.1 Å². The zero-order valence-electron chi connectivity index (χ0n) is 9.00. The van der Waals surface area contributed by atoms with Crippen LogP contribution in [0.4, 0.5) is 0 Å². The normalized spacial score (nSPS) is 10.1. The maximum absolute atomic E-state index is 11.0. The molecule has 0 saturated carbocycles. The molecule has 0 aliphatic heterocycles. The number of hydrogen-bond acceptors (Lipinski definition) is 4. The first-order valence-corrected chi connectivity index (χ1v) is 5.35. The lowest BCUT2D eigenvalue weighted by molar-refractivity contribution is -0.142. The summed E-state index contributed by atoms with van der Waals surface area (Å²) in [5.41, 5.74) is 0.650. The lowest BCUT2D eigenvalue weighted by Gasteiger charge is -2.06. The van der Waals surface area contributed by atoms with Crippen LogP contribution in [0.2, 0.25) is 5.02 Å². The van der Waals surface area contributed by atoms with E-state index in [0.29, 0.717) is 23.7 Å². The van der Waals surface area contributed by atoms with E-state index >= 15 is 0 Å². The molecule has 0 aliphatic rings. The summed E-state index contributed by atoms with van der Waals surface area (Å²) in [6.07, 6.45) is 0. The van der Waals surface area contributed by atoms with Crippen LogP contribution in [0.1, 0.15) is 12.5 Å². The van der Waals surface area contributed by atoms with Crippen molar-refractivity contribution in [2.75, 3.05) is 13.2 Å². The SMILES string of the molecule is CCOC(=O)CNCc1cc(Cl)ccc1O. The number of rotatable bonds is 5. The molecule has 1 aromatic rings. The summed E-state index contributed by atoms with van der Waals surface area (Å²) >= 11 is 5.78. The summed E-state index contributed by atoms with van der Waals surface area (Å²) in [5, 5.41) is 12.9.